The SMILES string of the molecule is CCn1c(SCC(=O)Nc2nc(-c3ccccc3)c(C)s2)nnc1[C@H](C)NC(=O)c1ccccc1. The number of anilines is 1. The third-order valence-corrected chi connectivity index (χ3v) is 7.11. The smallest absolute Gasteiger partial charge is 0.251 e. The number of nitrogens with zero attached hydrogens (tertiary/aromatic N) is 4. The Bertz CT molecular complexity index is 1300. The van der Waals surface area contributed by atoms with Gasteiger partial charge in [-0.05, 0) is 32.9 Å². The van der Waals surface area contributed by atoms with E-state index in [4.69, 9.17) is 0 Å². The Morgan fingerprint density at radius 1 is 1.06 bits per heavy atom. The van der Waals surface area contributed by atoms with Gasteiger partial charge in [-0.25, -0.2) is 4.98 Å². The zero-order chi connectivity index (χ0) is 24.8. The van der Waals surface area contributed by atoms with Gasteiger partial charge in [0, 0.05) is 22.5 Å². The third-order valence-electron chi connectivity index (χ3n) is 5.26. The number of carbonyl (C=O) groups excluding carboxylic acids is 2. The van der Waals surface area contributed by atoms with E-state index in [1.807, 2.05) is 73.9 Å². The Labute approximate surface area is 212 Å². The molecule has 2 aromatic heterocycles. The summed E-state index contributed by atoms with van der Waals surface area (Å²) >= 11 is 2.75. The van der Waals surface area contributed by atoms with Crippen LogP contribution in [0.4, 0.5) is 5.13 Å². The van der Waals surface area contributed by atoms with Gasteiger partial charge in [0.05, 0.1) is 17.5 Å². The van der Waals surface area contributed by atoms with Gasteiger partial charge >= 0.3 is 0 Å². The fraction of sp³-hybridized carbons (Fsp3) is 0.240. The Morgan fingerprint density at radius 3 is 2.43 bits per heavy atom. The van der Waals surface area contributed by atoms with E-state index in [2.05, 4.69) is 25.8 Å². The second-order valence-electron chi connectivity index (χ2n) is 7.77. The Hall–Kier alpha value is -3.50. The van der Waals surface area contributed by atoms with Gasteiger partial charge < -0.3 is 15.2 Å². The van der Waals surface area contributed by atoms with Crippen LogP contribution in [0.15, 0.2) is 65.8 Å². The molecule has 2 amide bonds. The molecule has 2 N–H and O–H groups in total. The molecule has 1 atom stereocenters. The number of hydrogen-bond donors (Lipinski definition) is 2. The molecule has 180 valence electrons. The van der Waals surface area contributed by atoms with Crippen LogP contribution in [0.5, 0.6) is 0 Å². The van der Waals surface area contributed by atoms with Crippen LogP contribution in [0.25, 0.3) is 11.3 Å². The van der Waals surface area contributed by atoms with Crippen LogP contribution in [0.3, 0.4) is 0 Å². The number of hydrogen-bond acceptors (Lipinski definition) is 7. The average molecular weight is 507 g/mol. The van der Waals surface area contributed by atoms with Crippen LogP contribution in [-0.4, -0.2) is 37.3 Å². The number of thioether (sulfide) groups is 1. The second-order valence-corrected chi connectivity index (χ2v) is 9.92. The van der Waals surface area contributed by atoms with Crippen molar-refractivity contribution >= 4 is 40.0 Å². The van der Waals surface area contributed by atoms with Gasteiger partial charge in [0.15, 0.2) is 16.1 Å². The van der Waals surface area contributed by atoms with Crippen molar-refractivity contribution in [3.8, 4) is 11.3 Å². The molecule has 4 rings (SSSR count). The summed E-state index contributed by atoms with van der Waals surface area (Å²) < 4.78 is 1.91. The van der Waals surface area contributed by atoms with Gasteiger partial charge in [-0.2, -0.15) is 0 Å². The topological polar surface area (TPSA) is 102 Å². The maximum atomic E-state index is 12.6. The molecule has 0 aliphatic heterocycles. The summed E-state index contributed by atoms with van der Waals surface area (Å²) in [5, 5.41) is 15.6. The van der Waals surface area contributed by atoms with E-state index >= 15 is 0 Å². The molecule has 0 saturated heterocycles. The van der Waals surface area contributed by atoms with Crippen molar-refractivity contribution in [2.75, 3.05) is 11.1 Å². The van der Waals surface area contributed by atoms with Crippen LogP contribution < -0.4 is 10.6 Å². The average Bonchev–Trinajstić information content (AvgIpc) is 3.46. The van der Waals surface area contributed by atoms with Crippen molar-refractivity contribution < 1.29 is 9.59 Å². The predicted octanol–water partition coefficient (Wildman–Crippen LogP) is 4.95. The summed E-state index contributed by atoms with van der Waals surface area (Å²) in [4.78, 5) is 30.7. The lowest BCUT2D eigenvalue weighted by atomic mass is 10.1. The van der Waals surface area contributed by atoms with Crippen molar-refractivity contribution in [2.24, 2.45) is 0 Å². The first-order valence-electron chi connectivity index (χ1n) is 11.2. The largest absolute Gasteiger partial charge is 0.342 e. The number of aromatic nitrogens is 4. The lowest BCUT2D eigenvalue weighted by Crippen LogP contribution is -2.28. The normalized spacial score (nSPS) is 11.7. The molecule has 0 radical (unpaired) electrons. The molecule has 0 fully saturated rings. The fourth-order valence-electron chi connectivity index (χ4n) is 3.56. The number of rotatable bonds is 9. The molecule has 0 aliphatic rings. The number of amides is 2. The Morgan fingerprint density at radius 2 is 1.74 bits per heavy atom. The summed E-state index contributed by atoms with van der Waals surface area (Å²) in [5.41, 5.74) is 2.48. The van der Waals surface area contributed by atoms with Crippen LogP contribution in [0.1, 0.15) is 40.9 Å². The minimum atomic E-state index is -0.340. The van der Waals surface area contributed by atoms with Crippen LogP contribution >= 0.6 is 23.1 Å². The van der Waals surface area contributed by atoms with E-state index in [-0.39, 0.29) is 23.6 Å². The zero-order valence-corrected chi connectivity index (χ0v) is 21.3. The van der Waals surface area contributed by atoms with E-state index in [1.54, 1.807) is 12.1 Å². The van der Waals surface area contributed by atoms with Gasteiger partial charge in [0.25, 0.3) is 5.91 Å². The van der Waals surface area contributed by atoms with Gasteiger partial charge in [0.1, 0.15) is 0 Å². The Kier molecular flexibility index (Phi) is 7.94. The molecule has 0 aliphatic carbocycles. The van der Waals surface area contributed by atoms with Gasteiger partial charge in [-0.3, -0.25) is 9.59 Å². The maximum absolute atomic E-state index is 12.6. The molecule has 8 nitrogen and oxygen atoms in total. The van der Waals surface area contributed by atoms with Crippen molar-refractivity contribution in [3.05, 3.63) is 76.9 Å². The number of benzene rings is 2. The van der Waals surface area contributed by atoms with E-state index in [1.165, 1.54) is 23.1 Å². The molecule has 0 spiro atoms. The first-order valence-corrected chi connectivity index (χ1v) is 13.0. The number of aryl methyl sites for hydroxylation is 1. The monoisotopic (exact) mass is 506 g/mol. The zero-order valence-electron chi connectivity index (χ0n) is 19.7. The standard InChI is InChI=1S/C25H26N6O2S2/c1-4-31-22(16(2)26-23(33)19-13-9-6-10-14-19)29-30-25(31)34-15-20(32)27-24-28-21(17(3)35-24)18-11-7-5-8-12-18/h5-14,16H,4,15H2,1-3H3,(H,26,33)(H,27,28,32)/t16-/m0/s1. The van der Waals surface area contributed by atoms with Gasteiger partial charge in [0.2, 0.25) is 5.91 Å². The number of nitrogens with one attached hydrogen (secondary N) is 2. The van der Waals surface area contributed by atoms with Crippen molar-refractivity contribution in [2.45, 2.75) is 38.5 Å². The van der Waals surface area contributed by atoms with Gasteiger partial charge in [-0.15, -0.1) is 21.5 Å². The van der Waals surface area contributed by atoms with Gasteiger partial charge in [-0.1, -0.05) is 60.3 Å². The third kappa shape index (κ3) is 5.95. The maximum Gasteiger partial charge on any atom is 0.251 e. The molecular weight excluding hydrogens is 480 g/mol. The molecular formula is C25H26N6O2S2. The Balaban J connectivity index is 1.37. The fourth-order valence-corrected chi connectivity index (χ4v) is 5.22. The summed E-state index contributed by atoms with van der Waals surface area (Å²) in [5.74, 6) is 0.469. The van der Waals surface area contributed by atoms with Crippen molar-refractivity contribution in [3.63, 3.8) is 0 Å². The van der Waals surface area contributed by atoms with E-state index in [0.717, 1.165) is 16.1 Å². The van der Waals surface area contributed by atoms with Crippen molar-refractivity contribution in [1.29, 1.82) is 0 Å². The lowest BCUT2D eigenvalue weighted by molar-refractivity contribution is -0.113. The highest BCUT2D eigenvalue weighted by atomic mass is 32.2. The molecule has 0 saturated carbocycles. The van der Waals surface area contributed by atoms with E-state index in [0.29, 0.717) is 28.2 Å². The minimum absolute atomic E-state index is 0.166. The first kappa shape index (κ1) is 24.6. The summed E-state index contributed by atoms with van der Waals surface area (Å²) in [6.07, 6.45) is 0. The molecule has 35 heavy (non-hydrogen) atoms. The summed E-state index contributed by atoms with van der Waals surface area (Å²) in [7, 11) is 0. The molecule has 0 unspecified atom stereocenters. The highest BCUT2D eigenvalue weighted by Gasteiger charge is 2.20. The molecule has 0 bridgehead atoms. The lowest BCUT2D eigenvalue weighted by Gasteiger charge is -2.15. The van der Waals surface area contributed by atoms with E-state index < -0.39 is 0 Å². The van der Waals surface area contributed by atoms with E-state index in [9.17, 15) is 9.59 Å². The number of carbonyl (C=O) groups is 2. The molecule has 2 heterocycles. The van der Waals surface area contributed by atoms with Crippen LogP contribution in [0.2, 0.25) is 0 Å². The predicted molar refractivity (Wildman–Crippen MR) is 140 cm³/mol. The summed E-state index contributed by atoms with van der Waals surface area (Å²) in [6, 6.07) is 18.6. The highest BCUT2D eigenvalue weighted by molar-refractivity contribution is 7.99. The minimum Gasteiger partial charge on any atom is -0.342 e. The molecule has 2 aromatic carbocycles. The summed E-state index contributed by atoms with van der Waals surface area (Å²) in [6.45, 7) is 6.46. The quantitative estimate of drug-likeness (QED) is 0.312. The van der Waals surface area contributed by atoms with Crippen LogP contribution in [-0.2, 0) is 11.3 Å². The first-order chi connectivity index (χ1) is 17.0. The molecule has 4 aromatic rings. The molecule has 10 heteroatoms. The highest BCUT2D eigenvalue weighted by Crippen LogP contribution is 2.30. The van der Waals surface area contributed by atoms with Crippen molar-refractivity contribution in [1.82, 2.24) is 25.1 Å². The number of thiazole rings is 1. The second kappa shape index (κ2) is 11.3. The van der Waals surface area contributed by atoms with Crippen LogP contribution in [0, 0.1) is 6.92 Å².